The SMILES string of the molecule is CC(CN=C(N)[C@@H](COCc1ccccc1)NC(=O)C(C)(C)N)Cc1ccccc1. The molecule has 1 unspecified atom stereocenters. The van der Waals surface area contributed by atoms with Crippen LogP contribution < -0.4 is 16.8 Å². The first-order valence-electron chi connectivity index (χ1n) is 10.3. The van der Waals surface area contributed by atoms with E-state index in [-0.39, 0.29) is 12.5 Å². The molecule has 0 aromatic heterocycles. The molecule has 6 heteroatoms. The summed E-state index contributed by atoms with van der Waals surface area (Å²) in [5.74, 6) is 0.366. The number of carbonyl (C=O) groups excluding carboxylic acids is 1. The van der Waals surface area contributed by atoms with E-state index in [2.05, 4.69) is 29.4 Å². The highest BCUT2D eigenvalue weighted by molar-refractivity contribution is 5.93. The van der Waals surface area contributed by atoms with Crippen molar-refractivity contribution in [3.8, 4) is 0 Å². The highest BCUT2D eigenvalue weighted by atomic mass is 16.5. The third-order valence-electron chi connectivity index (χ3n) is 4.66. The lowest BCUT2D eigenvalue weighted by Crippen LogP contribution is -2.56. The Bertz CT molecular complexity index is 801. The molecule has 2 rings (SSSR count). The third-order valence-corrected chi connectivity index (χ3v) is 4.66. The average Bonchev–Trinajstić information content (AvgIpc) is 2.72. The van der Waals surface area contributed by atoms with Crippen molar-refractivity contribution in [3.63, 3.8) is 0 Å². The Labute approximate surface area is 179 Å². The smallest absolute Gasteiger partial charge is 0.240 e. The number of hydrogen-bond donors (Lipinski definition) is 3. The van der Waals surface area contributed by atoms with Crippen molar-refractivity contribution in [3.05, 3.63) is 71.8 Å². The van der Waals surface area contributed by atoms with E-state index in [0.29, 0.717) is 24.9 Å². The number of amidine groups is 1. The van der Waals surface area contributed by atoms with Gasteiger partial charge in [0.15, 0.2) is 0 Å². The quantitative estimate of drug-likeness (QED) is 0.391. The van der Waals surface area contributed by atoms with Gasteiger partial charge in [-0.3, -0.25) is 9.79 Å². The molecule has 6 nitrogen and oxygen atoms in total. The summed E-state index contributed by atoms with van der Waals surface area (Å²) < 4.78 is 5.80. The Morgan fingerprint density at radius 1 is 1.07 bits per heavy atom. The Hall–Kier alpha value is -2.70. The Kier molecular flexibility index (Phi) is 9.02. The van der Waals surface area contributed by atoms with Gasteiger partial charge in [0.25, 0.3) is 0 Å². The molecule has 30 heavy (non-hydrogen) atoms. The number of rotatable bonds is 11. The summed E-state index contributed by atoms with van der Waals surface area (Å²) in [7, 11) is 0. The van der Waals surface area contributed by atoms with E-state index in [0.717, 1.165) is 12.0 Å². The van der Waals surface area contributed by atoms with Crippen LogP contribution in [0.2, 0.25) is 0 Å². The standard InChI is InChI=1S/C24H34N4O2/c1-18(14-19-10-6-4-7-11-19)15-27-22(25)21(28-23(29)24(2,3)26)17-30-16-20-12-8-5-9-13-20/h4-13,18,21H,14-17,26H2,1-3H3,(H2,25,27)(H,28,29)/t18?,21-/m1/s1. The average molecular weight is 411 g/mol. The van der Waals surface area contributed by atoms with E-state index in [1.165, 1.54) is 5.56 Å². The van der Waals surface area contributed by atoms with Crippen LogP contribution >= 0.6 is 0 Å². The molecule has 0 aliphatic rings. The van der Waals surface area contributed by atoms with E-state index in [1.54, 1.807) is 13.8 Å². The molecule has 0 aliphatic carbocycles. The minimum Gasteiger partial charge on any atom is -0.386 e. The summed E-state index contributed by atoms with van der Waals surface area (Å²) in [4.78, 5) is 16.9. The largest absolute Gasteiger partial charge is 0.386 e. The fourth-order valence-electron chi connectivity index (χ4n) is 2.87. The minimum absolute atomic E-state index is 0.221. The van der Waals surface area contributed by atoms with Crippen LogP contribution in [0, 0.1) is 5.92 Å². The molecule has 0 bridgehead atoms. The van der Waals surface area contributed by atoms with Crippen LogP contribution in [-0.2, 0) is 22.6 Å². The molecule has 1 amide bonds. The summed E-state index contributed by atoms with van der Waals surface area (Å²) >= 11 is 0. The molecule has 2 aromatic rings. The van der Waals surface area contributed by atoms with Gasteiger partial charge in [0.2, 0.25) is 5.91 Å². The number of carbonyl (C=O) groups is 1. The van der Waals surface area contributed by atoms with Crippen LogP contribution in [0.3, 0.4) is 0 Å². The van der Waals surface area contributed by atoms with Gasteiger partial charge < -0.3 is 21.5 Å². The van der Waals surface area contributed by atoms with E-state index in [4.69, 9.17) is 16.2 Å². The van der Waals surface area contributed by atoms with Crippen LogP contribution in [0.1, 0.15) is 31.9 Å². The van der Waals surface area contributed by atoms with E-state index in [1.807, 2.05) is 48.5 Å². The zero-order valence-corrected chi connectivity index (χ0v) is 18.2. The number of ether oxygens (including phenoxy) is 1. The van der Waals surface area contributed by atoms with E-state index < -0.39 is 11.6 Å². The Morgan fingerprint density at radius 2 is 1.63 bits per heavy atom. The number of nitrogens with one attached hydrogen (secondary N) is 1. The van der Waals surface area contributed by atoms with Gasteiger partial charge in [-0.1, -0.05) is 67.6 Å². The first-order chi connectivity index (χ1) is 14.3. The zero-order chi connectivity index (χ0) is 22.0. The van der Waals surface area contributed by atoms with Crippen LogP contribution in [0.25, 0.3) is 0 Å². The molecule has 0 radical (unpaired) electrons. The van der Waals surface area contributed by atoms with Gasteiger partial charge >= 0.3 is 0 Å². The summed E-state index contributed by atoms with van der Waals surface area (Å²) in [6.07, 6.45) is 0.912. The van der Waals surface area contributed by atoms with Gasteiger partial charge in [0.1, 0.15) is 11.9 Å². The number of aliphatic imine (C=N–C) groups is 1. The van der Waals surface area contributed by atoms with Gasteiger partial charge in [-0.2, -0.15) is 0 Å². The van der Waals surface area contributed by atoms with Crippen molar-refractivity contribution in [1.29, 1.82) is 0 Å². The Balaban J connectivity index is 1.97. The van der Waals surface area contributed by atoms with Gasteiger partial charge in [0, 0.05) is 6.54 Å². The van der Waals surface area contributed by atoms with Crippen molar-refractivity contribution in [2.75, 3.05) is 13.2 Å². The number of benzene rings is 2. The molecule has 162 valence electrons. The molecule has 2 aromatic carbocycles. The molecule has 0 aliphatic heterocycles. The highest BCUT2D eigenvalue weighted by Crippen LogP contribution is 2.09. The van der Waals surface area contributed by atoms with Crippen molar-refractivity contribution >= 4 is 11.7 Å². The second kappa shape index (κ2) is 11.5. The number of amides is 1. The Morgan fingerprint density at radius 3 is 2.20 bits per heavy atom. The predicted octanol–water partition coefficient (Wildman–Crippen LogP) is 2.66. The van der Waals surface area contributed by atoms with Crippen molar-refractivity contribution in [2.24, 2.45) is 22.4 Å². The van der Waals surface area contributed by atoms with Gasteiger partial charge in [0.05, 0.1) is 18.8 Å². The molecule has 0 saturated heterocycles. The number of hydrogen-bond acceptors (Lipinski definition) is 4. The van der Waals surface area contributed by atoms with Crippen molar-refractivity contribution in [1.82, 2.24) is 5.32 Å². The fraction of sp³-hybridized carbons (Fsp3) is 0.417. The minimum atomic E-state index is -1.02. The summed E-state index contributed by atoms with van der Waals surface area (Å²) in [6.45, 7) is 6.65. The topological polar surface area (TPSA) is 103 Å². The summed E-state index contributed by atoms with van der Waals surface area (Å²) in [6, 6.07) is 19.6. The molecule has 5 N–H and O–H groups in total. The van der Waals surface area contributed by atoms with Crippen LogP contribution in [0.4, 0.5) is 0 Å². The van der Waals surface area contributed by atoms with Crippen LogP contribution in [-0.4, -0.2) is 36.5 Å². The van der Waals surface area contributed by atoms with Gasteiger partial charge in [-0.05, 0) is 37.3 Å². The molecule has 2 atom stereocenters. The van der Waals surface area contributed by atoms with E-state index in [9.17, 15) is 4.79 Å². The maximum Gasteiger partial charge on any atom is 0.240 e. The fourth-order valence-corrected chi connectivity index (χ4v) is 2.87. The molecular weight excluding hydrogens is 376 g/mol. The molecule has 0 fully saturated rings. The van der Waals surface area contributed by atoms with Crippen molar-refractivity contribution in [2.45, 2.75) is 45.4 Å². The number of nitrogens with zero attached hydrogens (tertiary/aromatic N) is 1. The third kappa shape index (κ3) is 8.35. The van der Waals surface area contributed by atoms with Crippen molar-refractivity contribution < 1.29 is 9.53 Å². The molecule has 0 spiro atoms. The lowest BCUT2D eigenvalue weighted by molar-refractivity contribution is -0.125. The first kappa shape index (κ1) is 23.6. The zero-order valence-electron chi connectivity index (χ0n) is 18.2. The summed E-state index contributed by atoms with van der Waals surface area (Å²) in [5, 5.41) is 2.87. The maximum atomic E-state index is 12.4. The lowest BCUT2D eigenvalue weighted by atomic mass is 10.0. The normalized spacial score (nSPS) is 14.2. The van der Waals surface area contributed by atoms with Crippen LogP contribution in [0.5, 0.6) is 0 Å². The number of nitrogens with two attached hydrogens (primary N) is 2. The predicted molar refractivity (Wildman–Crippen MR) is 122 cm³/mol. The highest BCUT2D eigenvalue weighted by Gasteiger charge is 2.26. The maximum absolute atomic E-state index is 12.4. The van der Waals surface area contributed by atoms with Gasteiger partial charge in [-0.15, -0.1) is 0 Å². The second-order valence-electron chi connectivity index (χ2n) is 8.31. The monoisotopic (exact) mass is 410 g/mol. The van der Waals surface area contributed by atoms with E-state index >= 15 is 0 Å². The molecular formula is C24H34N4O2. The van der Waals surface area contributed by atoms with Gasteiger partial charge in [-0.25, -0.2) is 0 Å². The molecule has 0 heterocycles. The summed E-state index contributed by atoms with van der Waals surface area (Å²) in [5.41, 5.74) is 13.5. The molecule has 0 saturated carbocycles. The first-order valence-corrected chi connectivity index (χ1v) is 10.3. The lowest BCUT2D eigenvalue weighted by Gasteiger charge is -2.24. The second-order valence-corrected chi connectivity index (χ2v) is 8.31. The van der Waals surface area contributed by atoms with Crippen LogP contribution in [0.15, 0.2) is 65.7 Å².